The third-order valence-corrected chi connectivity index (χ3v) is 2.20. The zero-order valence-electron chi connectivity index (χ0n) is 7.27. The highest BCUT2D eigenvalue weighted by molar-refractivity contribution is 5.99. The number of allylic oxidation sites excluding steroid dienone is 1. The molecule has 1 heterocycles. The van der Waals surface area contributed by atoms with Gasteiger partial charge in [-0.2, -0.15) is 0 Å². The Hall–Kier alpha value is -1.05. The van der Waals surface area contributed by atoms with Crippen molar-refractivity contribution >= 4 is 5.91 Å². The molecular formula is C9H13NO. The summed E-state index contributed by atoms with van der Waals surface area (Å²) in [4.78, 5) is 13.1. The zero-order chi connectivity index (χ0) is 8.59. The van der Waals surface area contributed by atoms with E-state index in [1.807, 2.05) is 20.8 Å². The van der Waals surface area contributed by atoms with Crippen LogP contribution in [0.5, 0.6) is 0 Å². The molecule has 0 aromatic heterocycles. The summed E-state index contributed by atoms with van der Waals surface area (Å²) >= 11 is 0. The van der Waals surface area contributed by atoms with E-state index < -0.39 is 0 Å². The highest BCUT2D eigenvalue weighted by Gasteiger charge is 2.26. The van der Waals surface area contributed by atoms with Gasteiger partial charge in [0.1, 0.15) is 0 Å². The van der Waals surface area contributed by atoms with Gasteiger partial charge in [0.15, 0.2) is 0 Å². The highest BCUT2D eigenvalue weighted by atomic mass is 16.2. The smallest absolute Gasteiger partial charge is 0.254 e. The number of nitrogens with zero attached hydrogens (tertiary/aromatic N) is 1. The van der Waals surface area contributed by atoms with Gasteiger partial charge in [0.05, 0.1) is 0 Å². The number of amides is 1. The summed E-state index contributed by atoms with van der Waals surface area (Å²) in [5, 5.41) is 0. The van der Waals surface area contributed by atoms with Crippen LogP contribution < -0.4 is 0 Å². The number of hydrogen-bond acceptors (Lipinski definition) is 1. The SMILES string of the molecule is C=C1C(C)=C(C)C(=O)N1CC. The van der Waals surface area contributed by atoms with E-state index >= 15 is 0 Å². The Balaban J connectivity index is 3.02. The summed E-state index contributed by atoms with van der Waals surface area (Å²) in [5.41, 5.74) is 2.71. The molecule has 0 atom stereocenters. The van der Waals surface area contributed by atoms with E-state index in [-0.39, 0.29) is 5.91 Å². The van der Waals surface area contributed by atoms with Gasteiger partial charge in [-0.15, -0.1) is 0 Å². The van der Waals surface area contributed by atoms with E-state index in [4.69, 9.17) is 0 Å². The van der Waals surface area contributed by atoms with Gasteiger partial charge in [-0.25, -0.2) is 0 Å². The minimum atomic E-state index is 0.106. The fraction of sp³-hybridized carbons (Fsp3) is 0.444. The van der Waals surface area contributed by atoms with Crippen LogP contribution in [0.15, 0.2) is 23.4 Å². The van der Waals surface area contributed by atoms with Crippen LogP contribution in [0.2, 0.25) is 0 Å². The molecule has 1 aliphatic rings. The van der Waals surface area contributed by atoms with Gasteiger partial charge < -0.3 is 4.90 Å². The van der Waals surface area contributed by atoms with Crippen molar-refractivity contribution in [2.45, 2.75) is 20.8 Å². The molecule has 0 spiro atoms. The first-order valence-electron chi connectivity index (χ1n) is 3.78. The second-order valence-corrected chi connectivity index (χ2v) is 2.75. The van der Waals surface area contributed by atoms with Gasteiger partial charge in [0.25, 0.3) is 5.91 Å². The molecule has 0 aromatic carbocycles. The van der Waals surface area contributed by atoms with Crippen molar-refractivity contribution in [3.63, 3.8) is 0 Å². The third-order valence-electron chi connectivity index (χ3n) is 2.20. The lowest BCUT2D eigenvalue weighted by Gasteiger charge is -2.14. The number of hydrogen-bond donors (Lipinski definition) is 0. The largest absolute Gasteiger partial charge is 0.309 e. The molecule has 0 fully saturated rings. The van der Waals surface area contributed by atoms with Gasteiger partial charge in [0.2, 0.25) is 0 Å². The van der Waals surface area contributed by atoms with E-state index in [0.29, 0.717) is 6.54 Å². The Labute approximate surface area is 67.2 Å². The van der Waals surface area contributed by atoms with Crippen LogP contribution in [0.1, 0.15) is 20.8 Å². The van der Waals surface area contributed by atoms with E-state index in [9.17, 15) is 4.79 Å². The van der Waals surface area contributed by atoms with Crippen molar-refractivity contribution in [1.82, 2.24) is 4.90 Å². The van der Waals surface area contributed by atoms with E-state index in [1.54, 1.807) is 4.90 Å². The van der Waals surface area contributed by atoms with E-state index in [1.165, 1.54) is 0 Å². The summed E-state index contributed by atoms with van der Waals surface area (Å²) in [6.45, 7) is 10.3. The number of carbonyl (C=O) groups excluding carboxylic acids is 1. The Morgan fingerprint density at radius 2 is 1.91 bits per heavy atom. The summed E-state index contributed by atoms with van der Waals surface area (Å²) in [7, 11) is 0. The molecule has 0 bridgehead atoms. The molecule has 0 aromatic rings. The molecule has 60 valence electrons. The zero-order valence-corrected chi connectivity index (χ0v) is 7.27. The molecule has 11 heavy (non-hydrogen) atoms. The van der Waals surface area contributed by atoms with Gasteiger partial charge in [-0.3, -0.25) is 4.79 Å². The lowest BCUT2D eigenvalue weighted by Crippen LogP contribution is -2.24. The Bertz CT molecular complexity index is 226. The standard InChI is InChI=1S/C9H13NO/c1-5-10-8(4)6(2)7(3)9(10)11/h4-5H2,1-3H3. The van der Waals surface area contributed by atoms with Crippen LogP contribution in [0.4, 0.5) is 0 Å². The summed E-state index contributed by atoms with van der Waals surface area (Å²) in [5.74, 6) is 0.106. The molecule has 0 N–H and O–H groups in total. The van der Waals surface area contributed by atoms with Crippen molar-refractivity contribution in [3.8, 4) is 0 Å². The minimum Gasteiger partial charge on any atom is -0.309 e. The van der Waals surface area contributed by atoms with Gasteiger partial charge in [-0.1, -0.05) is 6.58 Å². The van der Waals surface area contributed by atoms with Crippen LogP contribution in [0.25, 0.3) is 0 Å². The molecule has 0 saturated heterocycles. The first-order valence-corrected chi connectivity index (χ1v) is 3.78. The van der Waals surface area contributed by atoms with Crippen LogP contribution in [-0.2, 0) is 4.79 Å². The summed E-state index contributed by atoms with van der Waals surface area (Å²) in [6.07, 6.45) is 0. The lowest BCUT2D eigenvalue weighted by molar-refractivity contribution is -0.124. The van der Waals surface area contributed by atoms with Gasteiger partial charge in [-0.05, 0) is 26.3 Å². The van der Waals surface area contributed by atoms with Crippen LogP contribution in [0, 0.1) is 0 Å². The van der Waals surface area contributed by atoms with Crippen molar-refractivity contribution in [2.24, 2.45) is 0 Å². The first kappa shape index (κ1) is 8.05. The van der Waals surface area contributed by atoms with Crippen molar-refractivity contribution < 1.29 is 4.79 Å². The van der Waals surface area contributed by atoms with Crippen molar-refractivity contribution in [3.05, 3.63) is 23.4 Å². The molecule has 1 aliphatic heterocycles. The topological polar surface area (TPSA) is 20.3 Å². The molecule has 0 aliphatic carbocycles. The van der Waals surface area contributed by atoms with Crippen LogP contribution >= 0.6 is 0 Å². The van der Waals surface area contributed by atoms with Gasteiger partial charge >= 0.3 is 0 Å². The summed E-state index contributed by atoms with van der Waals surface area (Å²) < 4.78 is 0. The summed E-state index contributed by atoms with van der Waals surface area (Å²) in [6, 6.07) is 0. The maximum atomic E-state index is 11.4. The fourth-order valence-corrected chi connectivity index (χ4v) is 1.24. The maximum absolute atomic E-state index is 11.4. The highest BCUT2D eigenvalue weighted by Crippen LogP contribution is 2.26. The molecule has 2 nitrogen and oxygen atoms in total. The third kappa shape index (κ3) is 0.985. The monoisotopic (exact) mass is 151 g/mol. The molecule has 0 unspecified atom stereocenters. The van der Waals surface area contributed by atoms with E-state index in [0.717, 1.165) is 16.8 Å². The fourth-order valence-electron chi connectivity index (χ4n) is 1.24. The second-order valence-electron chi connectivity index (χ2n) is 2.75. The normalized spacial score (nSPS) is 18.6. The number of carbonyl (C=O) groups is 1. The molecular weight excluding hydrogens is 138 g/mol. The number of rotatable bonds is 1. The molecule has 1 rings (SSSR count). The number of likely N-dealkylation sites (N-methyl/N-ethyl adjacent to an activating group) is 1. The maximum Gasteiger partial charge on any atom is 0.254 e. The predicted octanol–water partition coefficient (Wildman–Crippen LogP) is 1.70. The Morgan fingerprint density at radius 1 is 1.36 bits per heavy atom. The predicted molar refractivity (Wildman–Crippen MR) is 44.9 cm³/mol. The second kappa shape index (κ2) is 2.53. The average Bonchev–Trinajstić information content (AvgIpc) is 2.17. The Kier molecular flexibility index (Phi) is 1.85. The minimum absolute atomic E-state index is 0.106. The Morgan fingerprint density at radius 3 is 2.09 bits per heavy atom. The van der Waals surface area contributed by atoms with Crippen molar-refractivity contribution in [1.29, 1.82) is 0 Å². The van der Waals surface area contributed by atoms with E-state index in [2.05, 4.69) is 6.58 Å². The van der Waals surface area contributed by atoms with Crippen LogP contribution in [-0.4, -0.2) is 17.4 Å². The average molecular weight is 151 g/mol. The molecule has 0 saturated carbocycles. The quantitative estimate of drug-likeness (QED) is 0.558. The molecule has 2 heteroatoms. The first-order chi connectivity index (χ1) is 5.09. The molecule has 0 radical (unpaired) electrons. The lowest BCUT2D eigenvalue weighted by atomic mass is 10.2. The van der Waals surface area contributed by atoms with Gasteiger partial charge in [0, 0.05) is 17.8 Å². The van der Waals surface area contributed by atoms with Crippen LogP contribution in [0.3, 0.4) is 0 Å². The molecule has 1 amide bonds. The van der Waals surface area contributed by atoms with Crippen molar-refractivity contribution in [2.75, 3.05) is 6.54 Å².